The Bertz CT molecular complexity index is 139. The van der Waals surface area contributed by atoms with E-state index in [9.17, 15) is 12.8 Å². The van der Waals surface area contributed by atoms with Gasteiger partial charge in [-0.1, -0.05) is 0 Å². The summed E-state index contributed by atoms with van der Waals surface area (Å²) in [5.74, 6) is -0.815. The largest absolute Gasteiger partial charge is 0.395 e. The van der Waals surface area contributed by atoms with Crippen molar-refractivity contribution in [1.82, 2.24) is 0 Å². The van der Waals surface area contributed by atoms with Gasteiger partial charge in [0.1, 0.15) is 6.67 Å². The van der Waals surface area contributed by atoms with E-state index < -0.39 is 28.9 Å². The number of sulfone groups is 1. The van der Waals surface area contributed by atoms with Crippen LogP contribution in [0.15, 0.2) is 0 Å². The zero-order chi connectivity index (χ0) is 7.33. The molecule has 0 atom stereocenters. The highest BCUT2D eigenvalue weighted by atomic mass is 32.2. The minimum absolute atomic E-state index is 0.336. The Morgan fingerprint density at radius 2 is 1.89 bits per heavy atom. The maximum Gasteiger partial charge on any atom is 0.155 e. The van der Waals surface area contributed by atoms with E-state index in [1.807, 2.05) is 0 Å². The van der Waals surface area contributed by atoms with E-state index in [4.69, 9.17) is 5.11 Å². The summed E-state index contributed by atoms with van der Waals surface area (Å²) in [6.45, 7) is -1.30. The molecule has 0 saturated carbocycles. The molecule has 0 fully saturated rings. The van der Waals surface area contributed by atoms with Crippen LogP contribution in [0.5, 0.6) is 0 Å². The SMILES string of the molecule is O=S(=O)(CCO)CCF. The highest BCUT2D eigenvalue weighted by Gasteiger charge is 2.07. The van der Waals surface area contributed by atoms with Gasteiger partial charge in [0.25, 0.3) is 0 Å². The van der Waals surface area contributed by atoms with Crippen LogP contribution in [0.25, 0.3) is 0 Å². The van der Waals surface area contributed by atoms with Gasteiger partial charge in [-0.15, -0.1) is 0 Å². The van der Waals surface area contributed by atoms with E-state index in [1.165, 1.54) is 0 Å². The molecule has 0 heterocycles. The molecule has 0 bridgehead atoms. The van der Waals surface area contributed by atoms with Crippen molar-refractivity contribution in [3.05, 3.63) is 0 Å². The Labute approximate surface area is 53.4 Å². The summed E-state index contributed by atoms with van der Waals surface area (Å²) in [4.78, 5) is 0. The Morgan fingerprint density at radius 1 is 1.33 bits per heavy atom. The van der Waals surface area contributed by atoms with Crippen LogP contribution in [-0.4, -0.2) is 38.3 Å². The van der Waals surface area contributed by atoms with Gasteiger partial charge in [-0.3, -0.25) is 0 Å². The van der Waals surface area contributed by atoms with Crippen LogP contribution >= 0.6 is 0 Å². The molecule has 0 aromatic carbocycles. The number of aliphatic hydroxyl groups excluding tert-OH is 1. The zero-order valence-corrected chi connectivity index (χ0v) is 5.69. The standard InChI is InChI=1S/C4H9FO3S/c5-1-3-9(7,8)4-2-6/h6H,1-4H2. The Balaban J connectivity index is 3.73. The first-order valence-corrected chi connectivity index (χ1v) is 4.32. The Morgan fingerprint density at radius 3 is 2.22 bits per heavy atom. The molecule has 0 saturated heterocycles. The van der Waals surface area contributed by atoms with Crippen LogP contribution in [-0.2, 0) is 9.84 Å². The van der Waals surface area contributed by atoms with E-state index in [-0.39, 0.29) is 5.75 Å². The fourth-order valence-electron chi connectivity index (χ4n) is 0.359. The molecule has 0 rings (SSSR count). The molecule has 0 radical (unpaired) electrons. The summed E-state index contributed by atoms with van der Waals surface area (Å²) in [5.41, 5.74) is 0. The molecule has 5 heteroatoms. The maximum absolute atomic E-state index is 11.4. The maximum atomic E-state index is 11.4. The van der Waals surface area contributed by atoms with Crippen LogP contribution in [0.2, 0.25) is 0 Å². The van der Waals surface area contributed by atoms with Gasteiger partial charge in [0.2, 0.25) is 0 Å². The van der Waals surface area contributed by atoms with E-state index in [1.54, 1.807) is 0 Å². The second kappa shape index (κ2) is 3.79. The van der Waals surface area contributed by atoms with Crippen molar-refractivity contribution in [2.45, 2.75) is 0 Å². The van der Waals surface area contributed by atoms with Crippen LogP contribution in [0.1, 0.15) is 0 Å². The van der Waals surface area contributed by atoms with Gasteiger partial charge in [0, 0.05) is 0 Å². The van der Waals surface area contributed by atoms with Crippen molar-refractivity contribution in [3.8, 4) is 0 Å². The molecule has 3 nitrogen and oxygen atoms in total. The summed E-state index contributed by atoms with van der Waals surface area (Å²) in [6, 6.07) is 0. The van der Waals surface area contributed by atoms with Gasteiger partial charge in [-0.05, 0) is 0 Å². The van der Waals surface area contributed by atoms with Crippen LogP contribution < -0.4 is 0 Å². The minimum Gasteiger partial charge on any atom is -0.395 e. The lowest BCUT2D eigenvalue weighted by Crippen LogP contribution is -2.14. The first-order valence-electron chi connectivity index (χ1n) is 2.49. The first-order chi connectivity index (χ1) is 4.12. The molecule has 56 valence electrons. The van der Waals surface area contributed by atoms with Gasteiger partial charge in [-0.2, -0.15) is 0 Å². The second-order valence-electron chi connectivity index (χ2n) is 1.56. The highest BCUT2D eigenvalue weighted by molar-refractivity contribution is 7.91. The van der Waals surface area contributed by atoms with Gasteiger partial charge in [0.05, 0.1) is 18.1 Å². The molecule has 1 N–H and O–H groups in total. The topological polar surface area (TPSA) is 54.4 Å². The second-order valence-corrected chi connectivity index (χ2v) is 3.87. The van der Waals surface area contributed by atoms with Crippen LogP contribution in [0.3, 0.4) is 0 Å². The lowest BCUT2D eigenvalue weighted by Gasteiger charge is -1.95. The molecular weight excluding hydrogens is 147 g/mol. The fourth-order valence-corrected chi connectivity index (χ4v) is 1.08. The highest BCUT2D eigenvalue weighted by Crippen LogP contribution is 1.88. The van der Waals surface area contributed by atoms with Crippen molar-refractivity contribution < 1.29 is 17.9 Å². The Kier molecular flexibility index (Phi) is 3.72. The number of rotatable bonds is 4. The molecule has 0 amide bonds. The summed E-state index contributed by atoms with van der Waals surface area (Å²) in [6.07, 6.45) is 0. The molecule has 0 aromatic rings. The van der Waals surface area contributed by atoms with Crippen molar-refractivity contribution in [3.63, 3.8) is 0 Å². The van der Waals surface area contributed by atoms with Gasteiger partial charge in [0.15, 0.2) is 9.84 Å². The number of hydrogen-bond donors (Lipinski definition) is 1. The van der Waals surface area contributed by atoms with E-state index in [0.29, 0.717) is 0 Å². The average molecular weight is 156 g/mol. The smallest absolute Gasteiger partial charge is 0.155 e. The van der Waals surface area contributed by atoms with Gasteiger partial charge in [-0.25, -0.2) is 12.8 Å². The molecule has 0 aliphatic rings. The summed E-state index contributed by atoms with van der Waals surface area (Å²) in [5, 5.41) is 8.13. The Hall–Kier alpha value is -0.160. The zero-order valence-electron chi connectivity index (χ0n) is 4.88. The lowest BCUT2D eigenvalue weighted by atomic mass is 10.9. The average Bonchev–Trinajstić information content (AvgIpc) is 1.64. The summed E-state index contributed by atoms with van der Waals surface area (Å²) >= 11 is 0. The normalized spacial score (nSPS) is 11.8. The quantitative estimate of drug-likeness (QED) is 0.589. The summed E-state index contributed by atoms with van der Waals surface area (Å²) < 4.78 is 32.2. The van der Waals surface area contributed by atoms with E-state index in [0.717, 1.165) is 0 Å². The number of alkyl halides is 1. The summed E-state index contributed by atoms with van der Waals surface area (Å²) in [7, 11) is -3.31. The molecule has 0 spiro atoms. The minimum atomic E-state index is -3.31. The lowest BCUT2D eigenvalue weighted by molar-refractivity contribution is 0.319. The third kappa shape index (κ3) is 4.35. The molecule has 9 heavy (non-hydrogen) atoms. The first kappa shape index (κ1) is 8.84. The molecule has 0 aliphatic carbocycles. The number of aliphatic hydroxyl groups is 1. The third-order valence-corrected chi connectivity index (χ3v) is 2.37. The third-order valence-electron chi connectivity index (χ3n) is 0.790. The predicted molar refractivity (Wildman–Crippen MR) is 31.7 cm³/mol. The predicted octanol–water partition coefficient (Wildman–Crippen LogP) is -0.637. The van der Waals surface area contributed by atoms with E-state index in [2.05, 4.69) is 0 Å². The van der Waals surface area contributed by atoms with E-state index >= 15 is 0 Å². The number of hydrogen-bond acceptors (Lipinski definition) is 3. The van der Waals surface area contributed by atoms with Gasteiger partial charge >= 0.3 is 0 Å². The fraction of sp³-hybridized carbons (Fsp3) is 1.00. The van der Waals surface area contributed by atoms with Gasteiger partial charge < -0.3 is 5.11 Å². The molecule has 0 aromatic heterocycles. The van der Waals surface area contributed by atoms with Crippen molar-refractivity contribution in [1.29, 1.82) is 0 Å². The number of halogens is 1. The molecule has 0 aliphatic heterocycles. The van der Waals surface area contributed by atoms with Crippen LogP contribution in [0, 0.1) is 0 Å². The monoisotopic (exact) mass is 156 g/mol. The van der Waals surface area contributed by atoms with Crippen molar-refractivity contribution in [2.75, 3.05) is 24.8 Å². The van der Waals surface area contributed by atoms with Crippen LogP contribution in [0.4, 0.5) is 4.39 Å². The molecule has 0 unspecified atom stereocenters. The van der Waals surface area contributed by atoms with Crippen molar-refractivity contribution >= 4 is 9.84 Å². The molecular formula is C4H9FO3S. The van der Waals surface area contributed by atoms with Crippen molar-refractivity contribution in [2.24, 2.45) is 0 Å².